The summed E-state index contributed by atoms with van der Waals surface area (Å²) in [6.45, 7) is 12.2. The molecule has 15 heavy (non-hydrogen) atoms. The van der Waals surface area contributed by atoms with Crippen molar-refractivity contribution in [2.45, 2.75) is 76.6 Å². The SMILES string of the molecule is C[Si](C)(C)C[Si](C)(C)OC1CCCCC1. The second-order valence-corrected chi connectivity index (χ2v) is 17.2. The molecule has 1 aliphatic carbocycles. The van der Waals surface area contributed by atoms with Crippen LogP contribution in [0.2, 0.25) is 38.4 Å². The molecule has 0 aromatic carbocycles. The monoisotopic (exact) mass is 244 g/mol. The predicted octanol–water partition coefficient (Wildman–Crippen LogP) is 4.42. The van der Waals surface area contributed by atoms with E-state index < -0.39 is 16.4 Å². The van der Waals surface area contributed by atoms with Gasteiger partial charge >= 0.3 is 0 Å². The summed E-state index contributed by atoms with van der Waals surface area (Å²) in [5.41, 5.74) is 1.41. The third kappa shape index (κ3) is 5.88. The van der Waals surface area contributed by atoms with E-state index in [0.717, 1.165) is 0 Å². The molecule has 0 aliphatic heterocycles. The number of hydrogen-bond acceptors (Lipinski definition) is 1. The number of rotatable bonds is 4. The molecule has 1 fully saturated rings. The Morgan fingerprint density at radius 2 is 1.47 bits per heavy atom. The standard InChI is InChI=1S/C12H28OSi2/c1-14(2,3)11-15(4,5)13-12-9-7-6-8-10-12/h12H,6-11H2,1-5H3. The van der Waals surface area contributed by atoms with E-state index in [9.17, 15) is 0 Å². The fourth-order valence-corrected chi connectivity index (χ4v) is 14.6. The lowest BCUT2D eigenvalue weighted by atomic mass is 9.98. The molecular formula is C12H28OSi2. The van der Waals surface area contributed by atoms with Gasteiger partial charge in [0.25, 0.3) is 0 Å². The first-order chi connectivity index (χ1) is 6.79. The molecule has 1 aliphatic rings. The highest BCUT2D eigenvalue weighted by Gasteiger charge is 2.32. The molecule has 0 aromatic rings. The minimum absolute atomic E-state index is 0.608. The zero-order valence-electron chi connectivity index (χ0n) is 11.2. The third-order valence-corrected chi connectivity index (χ3v) is 11.6. The Morgan fingerprint density at radius 3 is 1.93 bits per heavy atom. The maximum Gasteiger partial charge on any atom is 0.184 e. The van der Waals surface area contributed by atoms with Gasteiger partial charge in [0.1, 0.15) is 0 Å². The molecule has 0 N–H and O–H groups in total. The van der Waals surface area contributed by atoms with Crippen LogP contribution in [0.3, 0.4) is 0 Å². The first-order valence-corrected chi connectivity index (χ1v) is 13.3. The van der Waals surface area contributed by atoms with E-state index in [1.54, 1.807) is 0 Å². The topological polar surface area (TPSA) is 9.23 Å². The van der Waals surface area contributed by atoms with E-state index >= 15 is 0 Å². The van der Waals surface area contributed by atoms with Crippen LogP contribution in [0, 0.1) is 0 Å². The largest absolute Gasteiger partial charge is 0.415 e. The van der Waals surface area contributed by atoms with Crippen molar-refractivity contribution in [3.05, 3.63) is 0 Å². The molecular weight excluding hydrogens is 216 g/mol. The Kier molecular flexibility index (Phi) is 4.62. The van der Waals surface area contributed by atoms with Crippen molar-refractivity contribution >= 4 is 16.4 Å². The summed E-state index contributed by atoms with van der Waals surface area (Å²) in [7, 11) is -2.30. The van der Waals surface area contributed by atoms with Crippen LogP contribution >= 0.6 is 0 Å². The summed E-state index contributed by atoms with van der Waals surface area (Å²) in [5, 5.41) is 0. The van der Waals surface area contributed by atoms with Crippen molar-refractivity contribution in [1.29, 1.82) is 0 Å². The fourth-order valence-electron chi connectivity index (χ4n) is 2.95. The molecule has 1 nitrogen and oxygen atoms in total. The molecule has 0 aromatic heterocycles. The van der Waals surface area contributed by atoms with Crippen LogP contribution in [0.15, 0.2) is 0 Å². The predicted molar refractivity (Wildman–Crippen MR) is 73.6 cm³/mol. The van der Waals surface area contributed by atoms with Crippen molar-refractivity contribution < 1.29 is 4.43 Å². The van der Waals surface area contributed by atoms with Gasteiger partial charge in [-0.25, -0.2) is 0 Å². The lowest BCUT2D eigenvalue weighted by Crippen LogP contribution is -2.43. The molecule has 0 radical (unpaired) electrons. The van der Waals surface area contributed by atoms with E-state index in [2.05, 4.69) is 32.7 Å². The molecule has 0 amide bonds. The first-order valence-electron chi connectivity index (χ1n) is 6.46. The molecule has 0 heterocycles. The molecule has 0 atom stereocenters. The van der Waals surface area contributed by atoms with E-state index in [4.69, 9.17) is 4.43 Å². The van der Waals surface area contributed by atoms with Crippen LogP contribution in [-0.2, 0) is 4.43 Å². The average molecular weight is 245 g/mol. The van der Waals surface area contributed by atoms with Crippen LogP contribution in [0.25, 0.3) is 0 Å². The molecule has 0 bridgehead atoms. The van der Waals surface area contributed by atoms with Gasteiger partial charge < -0.3 is 4.43 Å². The van der Waals surface area contributed by atoms with Gasteiger partial charge in [-0.3, -0.25) is 0 Å². The Labute approximate surface area is 97.7 Å². The van der Waals surface area contributed by atoms with Gasteiger partial charge in [-0.1, -0.05) is 38.9 Å². The molecule has 0 spiro atoms. The van der Waals surface area contributed by atoms with Gasteiger partial charge in [-0.05, 0) is 31.6 Å². The Hall–Kier alpha value is 0.394. The Bertz CT molecular complexity index is 190. The van der Waals surface area contributed by atoms with Crippen molar-refractivity contribution in [3.8, 4) is 0 Å². The molecule has 0 saturated heterocycles. The Morgan fingerprint density at radius 1 is 0.933 bits per heavy atom. The second kappa shape index (κ2) is 5.15. The van der Waals surface area contributed by atoms with Crippen LogP contribution in [0.4, 0.5) is 0 Å². The molecule has 90 valence electrons. The molecule has 1 rings (SSSR count). The summed E-state index contributed by atoms with van der Waals surface area (Å²) < 4.78 is 6.43. The maximum absolute atomic E-state index is 6.43. The van der Waals surface area contributed by atoms with Crippen molar-refractivity contribution in [3.63, 3.8) is 0 Å². The molecule has 0 unspecified atom stereocenters. The van der Waals surface area contributed by atoms with Gasteiger partial charge in [0, 0.05) is 14.2 Å². The maximum atomic E-state index is 6.43. The zero-order valence-corrected chi connectivity index (χ0v) is 13.2. The lowest BCUT2D eigenvalue weighted by Gasteiger charge is -2.35. The average Bonchev–Trinajstić information content (AvgIpc) is 1.99. The summed E-state index contributed by atoms with van der Waals surface area (Å²) in [6.07, 6.45) is 7.46. The van der Waals surface area contributed by atoms with E-state index in [1.165, 1.54) is 37.8 Å². The van der Waals surface area contributed by atoms with Gasteiger partial charge in [-0.2, -0.15) is 0 Å². The quantitative estimate of drug-likeness (QED) is 0.665. The van der Waals surface area contributed by atoms with Gasteiger partial charge in [0.05, 0.1) is 0 Å². The van der Waals surface area contributed by atoms with Crippen molar-refractivity contribution in [1.82, 2.24) is 0 Å². The van der Waals surface area contributed by atoms with Crippen LogP contribution in [-0.4, -0.2) is 22.5 Å². The first kappa shape index (κ1) is 13.5. The van der Waals surface area contributed by atoms with Gasteiger partial charge in [0.2, 0.25) is 0 Å². The van der Waals surface area contributed by atoms with E-state index in [1.807, 2.05) is 0 Å². The Balaban J connectivity index is 2.40. The third-order valence-electron chi connectivity index (χ3n) is 2.99. The summed E-state index contributed by atoms with van der Waals surface area (Å²) in [5.74, 6) is 0. The highest BCUT2D eigenvalue weighted by molar-refractivity contribution is 6.92. The minimum Gasteiger partial charge on any atom is -0.415 e. The van der Waals surface area contributed by atoms with Crippen LogP contribution in [0.1, 0.15) is 32.1 Å². The van der Waals surface area contributed by atoms with Gasteiger partial charge in [0.15, 0.2) is 8.32 Å². The van der Waals surface area contributed by atoms with Crippen molar-refractivity contribution in [2.75, 3.05) is 0 Å². The summed E-state index contributed by atoms with van der Waals surface area (Å²) in [4.78, 5) is 0. The normalized spacial score (nSPS) is 20.6. The fraction of sp³-hybridized carbons (Fsp3) is 1.00. The highest BCUT2D eigenvalue weighted by Crippen LogP contribution is 2.27. The zero-order chi connectivity index (χ0) is 11.5. The summed E-state index contributed by atoms with van der Waals surface area (Å²) in [6, 6.07) is 0. The number of hydrogen-bond donors (Lipinski definition) is 0. The lowest BCUT2D eigenvalue weighted by molar-refractivity contribution is 0.147. The summed E-state index contributed by atoms with van der Waals surface area (Å²) >= 11 is 0. The molecule has 1 saturated carbocycles. The van der Waals surface area contributed by atoms with E-state index in [-0.39, 0.29) is 0 Å². The minimum atomic E-state index is -1.36. The van der Waals surface area contributed by atoms with E-state index in [0.29, 0.717) is 6.10 Å². The second-order valence-electron chi connectivity index (χ2n) is 6.87. The van der Waals surface area contributed by atoms with Gasteiger partial charge in [-0.15, -0.1) is 0 Å². The van der Waals surface area contributed by atoms with Crippen LogP contribution in [0.5, 0.6) is 0 Å². The highest BCUT2D eigenvalue weighted by atomic mass is 28.4. The molecule has 3 heteroatoms. The smallest absolute Gasteiger partial charge is 0.184 e. The van der Waals surface area contributed by atoms with Crippen molar-refractivity contribution in [2.24, 2.45) is 0 Å². The van der Waals surface area contributed by atoms with Crippen LogP contribution < -0.4 is 0 Å².